The molecule has 0 radical (unpaired) electrons. The molecule has 5 nitrogen and oxygen atoms in total. The number of pyridine rings is 1. The minimum atomic E-state index is 0.639. The minimum absolute atomic E-state index is 0.639. The second-order valence-electron chi connectivity index (χ2n) is 4.98. The number of hydrogen-bond donors (Lipinski definition) is 0. The highest BCUT2D eigenvalue weighted by molar-refractivity contribution is 7.99. The van der Waals surface area contributed by atoms with Gasteiger partial charge >= 0.3 is 0 Å². The van der Waals surface area contributed by atoms with Crippen molar-refractivity contribution in [2.24, 2.45) is 0 Å². The van der Waals surface area contributed by atoms with Crippen LogP contribution in [0.2, 0.25) is 0 Å². The Labute approximate surface area is 155 Å². The van der Waals surface area contributed by atoms with Gasteiger partial charge in [0.05, 0.1) is 6.61 Å². The molecule has 3 rings (SSSR count). The first-order valence-electron chi connectivity index (χ1n) is 7.80. The molecule has 1 aromatic carbocycles. The molecule has 0 amide bonds. The lowest BCUT2D eigenvalue weighted by Gasteiger charge is -2.11. The predicted octanol–water partition coefficient (Wildman–Crippen LogP) is 4.57. The Morgan fingerprint density at radius 3 is 2.56 bits per heavy atom. The van der Waals surface area contributed by atoms with Gasteiger partial charge in [0.2, 0.25) is 0 Å². The van der Waals surface area contributed by atoms with Crippen LogP contribution >= 0.6 is 23.4 Å². The summed E-state index contributed by atoms with van der Waals surface area (Å²) in [7, 11) is 0. The molecule has 0 unspecified atom stereocenters. The fourth-order valence-electron chi connectivity index (χ4n) is 2.30. The van der Waals surface area contributed by atoms with Gasteiger partial charge in [0.25, 0.3) is 0 Å². The highest BCUT2D eigenvalue weighted by Crippen LogP contribution is 2.28. The number of ether oxygens (including phenoxy) is 1. The van der Waals surface area contributed by atoms with Crippen LogP contribution < -0.4 is 4.74 Å². The molecule has 0 saturated heterocycles. The van der Waals surface area contributed by atoms with E-state index in [0.717, 1.165) is 33.7 Å². The molecule has 25 heavy (non-hydrogen) atoms. The normalized spacial score (nSPS) is 11.1. The first-order valence-corrected chi connectivity index (χ1v) is 9.22. The van der Waals surface area contributed by atoms with E-state index in [4.69, 9.17) is 16.3 Å². The quantitative estimate of drug-likeness (QED) is 0.568. The fourth-order valence-corrected chi connectivity index (χ4v) is 3.26. The van der Waals surface area contributed by atoms with Crippen molar-refractivity contribution in [2.45, 2.75) is 12.1 Å². The molecule has 0 bridgehead atoms. The van der Waals surface area contributed by atoms with Crippen molar-refractivity contribution in [1.82, 2.24) is 19.7 Å². The molecule has 7 heteroatoms. The first-order chi connectivity index (χ1) is 12.3. The third kappa shape index (κ3) is 4.21. The standard InChI is InChI=1S/C18H17ClN4OS/c1-2-24-16-6-4-15(5-7-16)23-17(14-8-11-20-12-9-14)21-22-18(23)25-13-3-10-19/h3-12H,2,13H2,1H3/b10-3+. The summed E-state index contributed by atoms with van der Waals surface area (Å²) >= 11 is 7.18. The number of benzene rings is 1. The van der Waals surface area contributed by atoms with E-state index in [1.807, 2.05) is 54.0 Å². The minimum Gasteiger partial charge on any atom is -0.494 e. The number of aromatic nitrogens is 4. The Kier molecular flexibility index (Phi) is 6.09. The molecule has 128 valence electrons. The fraction of sp³-hybridized carbons (Fsp3) is 0.167. The maximum atomic E-state index is 5.62. The van der Waals surface area contributed by atoms with Gasteiger partial charge in [-0.15, -0.1) is 10.2 Å². The highest BCUT2D eigenvalue weighted by Gasteiger charge is 2.15. The Bertz CT molecular complexity index is 834. The molecule has 0 atom stereocenters. The van der Waals surface area contributed by atoms with E-state index in [1.54, 1.807) is 24.2 Å². The van der Waals surface area contributed by atoms with Crippen molar-refractivity contribution in [3.05, 3.63) is 60.4 Å². The lowest BCUT2D eigenvalue weighted by atomic mass is 10.2. The van der Waals surface area contributed by atoms with E-state index in [9.17, 15) is 0 Å². The molecule has 2 heterocycles. The number of nitrogens with zero attached hydrogens (tertiary/aromatic N) is 4. The number of halogens is 1. The van der Waals surface area contributed by atoms with Gasteiger partial charge in [-0.3, -0.25) is 9.55 Å². The van der Waals surface area contributed by atoms with Gasteiger partial charge < -0.3 is 4.74 Å². The smallest absolute Gasteiger partial charge is 0.196 e. The van der Waals surface area contributed by atoms with Crippen molar-refractivity contribution in [2.75, 3.05) is 12.4 Å². The molecule has 0 fully saturated rings. The van der Waals surface area contributed by atoms with Crippen LogP contribution in [0.1, 0.15) is 6.92 Å². The SMILES string of the molecule is CCOc1ccc(-n2c(SC/C=C/Cl)nnc2-c2ccncc2)cc1. The zero-order valence-corrected chi connectivity index (χ0v) is 15.2. The molecular formula is C18H17ClN4OS. The second kappa shape index (κ2) is 8.69. The summed E-state index contributed by atoms with van der Waals surface area (Å²) in [6.45, 7) is 2.61. The van der Waals surface area contributed by atoms with Crippen LogP contribution in [0.3, 0.4) is 0 Å². The monoisotopic (exact) mass is 372 g/mol. The summed E-state index contributed by atoms with van der Waals surface area (Å²) in [6.07, 6.45) is 5.36. The maximum absolute atomic E-state index is 5.62. The molecule has 0 aliphatic carbocycles. The summed E-state index contributed by atoms with van der Waals surface area (Å²) < 4.78 is 7.55. The second-order valence-corrected chi connectivity index (χ2v) is 6.22. The summed E-state index contributed by atoms with van der Waals surface area (Å²) in [5.74, 6) is 2.32. The van der Waals surface area contributed by atoms with E-state index in [1.165, 1.54) is 5.54 Å². The largest absolute Gasteiger partial charge is 0.494 e. The highest BCUT2D eigenvalue weighted by atomic mass is 35.5. The first kappa shape index (κ1) is 17.5. The number of thioether (sulfide) groups is 1. The molecule has 0 spiro atoms. The van der Waals surface area contributed by atoms with E-state index < -0.39 is 0 Å². The summed E-state index contributed by atoms with van der Waals surface area (Å²) in [5.41, 5.74) is 3.43. The van der Waals surface area contributed by atoms with Crippen molar-refractivity contribution in [3.63, 3.8) is 0 Å². The molecule has 0 aliphatic heterocycles. The Balaban J connectivity index is 2.02. The average molecular weight is 373 g/mol. The summed E-state index contributed by atoms with van der Waals surface area (Å²) in [5, 5.41) is 9.52. The van der Waals surface area contributed by atoms with E-state index in [2.05, 4.69) is 15.2 Å². The zero-order chi connectivity index (χ0) is 17.5. The van der Waals surface area contributed by atoms with Gasteiger partial charge in [-0.05, 0) is 43.3 Å². The van der Waals surface area contributed by atoms with Gasteiger partial charge in [0, 0.05) is 34.9 Å². The van der Waals surface area contributed by atoms with Crippen LogP contribution in [0.4, 0.5) is 0 Å². The Hall–Kier alpha value is -2.31. The molecule has 0 saturated carbocycles. The van der Waals surface area contributed by atoms with Gasteiger partial charge in [-0.25, -0.2) is 0 Å². The Morgan fingerprint density at radius 2 is 1.88 bits per heavy atom. The van der Waals surface area contributed by atoms with Crippen LogP contribution in [0.15, 0.2) is 65.6 Å². The predicted molar refractivity (Wildman–Crippen MR) is 101 cm³/mol. The third-order valence-corrected chi connectivity index (χ3v) is 4.44. The zero-order valence-electron chi connectivity index (χ0n) is 13.7. The molecular weight excluding hydrogens is 356 g/mol. The summed E-state index contributed by atoms with van der Waals surface area (Å²) in [6, 6.07) is 11.7. The van der Waals surface area contributed by atoms with Crippen LogP contribution in [0, 0.1) is 0 Å². The van der Waals surface area contributed by atoms with Crippen LogP contribution in [-0.4, -0.2) is 32.1 Å². The van der Waals surface area contributed by atoms with Crippen LogP contribution in [0.5, 0.6) is 5.75 Å². The van der Waals surface area contributed by atoms with Crippen molar-refractivity contribution in [1.29, 1.82) is 0 Å². The lowest BCUT2D eigenvalue weighted by Crippen LogP contribution is -2.00. The van der Waals surface area contributed by atoms with Gasteiger partial charge in [0.15, 0.2) is 11.0 Å². The van der Waals surface area contributed by atoms with Gasteiger partial charge in [-0.1, -0.05) is 29.4 Å². The molecule has 2 aromatic heterocycles. The number of rotatable bonds is 7. The van der Waals surface area contributed by atoms with Gasteiger partial charge in [0.1, 0.15) is 5.75 Å². The van der Waals surface area contributed by atoms with E-state index in [-0.39, 0.29) is 0 Å². The average Bonchev–Trinajstić information content (AvgIpc) is 3.07. The van der Waals surface area contributed by atoms with Crippen molar-refractivity contribution in [3.8, 4) is 22.8 Å². The maximum Gasteiger partial charge on any atom is 0.196 e. The van der Waals surface area contributed by atoms with Crippen molar-refractivity contribution < 1.29 is 4.74 Å². The Morgan fingerprint density at radius 1 is 1.12 bits per heavy atom. The van der Waals surface area contributed by atoms with Crippen LogP contribution in [-0.2, 0) is 0 Å². The van der Waals surface area contributed by atoms with Gasteiger partial charge in [-0.2, -0.15) is 0 Å². The third-order valence-electron chi connectivity index (χ3n) is 3.38. The van der Waals surface area contributed by atoms with Crippen molar-refractivity contribution >= 4 is 23.4 Å². The van der Waals surface area contributed by atoms with E-state index in [0.29, 0.717) is 6.61 Å². The van der Waals surface area contributed by atoms with Crippen LogP contribution in [0.25, 0.3) is 17.1 Å². The topological polar surface area (TPSA) is 52.8 Å². The molecule has 0 N–H and O–H groups in total. The lowest BCUT2D eigenvalue weighted by molar-refractivity contribution is 0.340. The molecule has 3 aromatic rings. The van der Waals surface area contributed by atoms with E-state index >= 15 is 0 Å². The molecule has 0 aliphatic rings. The summed E-state index contributed by atoms with van der Waals surface area (Å²) in [4.78, 5) is 4.07. The number of hydrogen-bond acceptors (Lipinski definition) is 5.